The van der Waals surface area contributed by atoms with E-state index >= 15 is 0 Å². The maximum absolute atomic E-state index is 5.50. The molecule has 326 valence electrons. The van der Waals surface area contributed by atoms with E-state index < -0.39 is 10.0 Å². The Hall–Kier alpha value is -8.84. The Bertz CT molecular complexity index is 3710. The molecule has 13 aromatic rings. The number of hydrogen-bond donors (Lipinski definition) is 0. The van der Waals surface area contributed by atoms with E-state index in [1.165, 1.54) is 41.8 Å². The molecule has 0 atom stereocenters. The van der Waals surface area contributed by atoms with Gasteiger partial charge in [-0.05, 0) is 95.1 Å². The average molecular weight is 902 g/mol. The van der Waals surface area contributed by atoms with Gasteiger partial charge in [0.15, 0.2) is 5.82 Å². The molecule has 0 unspecified atom stereocenters. The fourth-order valence-electron chi connectivity index (χ4n) is 10.2. The fraction of sp³-hybridized carbons (Fsp3) is 0. The minimum atomic E-state index is -2.21. The smallest absolute Gasteiger partial charge is 0.240 e. The van der Waals surface area contributed by atoms with Crippen LogP contribution >= 0.6 is 10.0 Å². The van der Waals surface area contributed by atoms with Gasteiger partial charge in [0.25, 0.3) is 0 Å². The zero-order chi connectivity index (χ0) is 45.7. The van der Waals surface area contributed by atoms with Gasteiger partial charge in [0.1, 0.15) is 0 Å². The van der Waals surface area contributed by atoms with Crippen LogP contribution in [0.15, 0.2) is 280 Å². The largest absolute Gasteiger partial charge is 0.278 e. The second-order valence-corrected chi connectivity index (χ2v) is 20.3. The molecule has 0 aliphatic heterocycles. The van der Waals surface area contributed by atoms with E-state index in [9.17, 15) is 0 Å². The third-order valence-electron chi connectivity index (χ3n) is 13.3. The highest BCUT2D eigenvalue weighted by atomic mass is 32.3. The summed E-state index contributed by atoms with van der Waals surface area (Å²) in [5.41, 5.74) is 9.69. The van der Waals surface area contributed by atoms with E-state index in [0.717, 1.165) is 49.2 Å². The first-order valence-electron chi connectivity index (χ1n) is 23.3. The molecule has 5 nitrogen and oxygen atoms in total. The molecule has 0 bridgehead atoms. The van der Waals surface area contributed by atoms with E-state index in [4.69, 9.17) is 15.0 Å². The van der Waals surface area contributed by atoms with Gasteiger partial charge in [0, 0.05) is 46.7 Å². The minimum Gasteiger partial charge on any atom is -0.278 e. The van der Waals surface area contributed by atoms with Crippen LogP contribution in [0.5, 0.6) is 0 Å². The van der Waals surface area contributed by atoms with Crippen molar-refractivity contribution < 1.29 is 0 Å². The molecule has 0 aliphatic carbocycles. The van der Waals surface area contributed by atoms with Gasteiger partial charge in [-0.1, -0.05) is 188 Å². The lowest BCUT2D eigenvalue weighted by molar-refractivity contribution is 0.892. The van der Waals surface area contributed by atoms with E-state index in [2.05, 4.69) is 270 Å². The van der Waals surface area contributed by atoms with Gasteiger partial charge in [0.2, 0.25) is 11.9 Å². The standard InChI is InChI=1S/C63H43N5S/c1-4-21-44(22-5-1)46-25-18-30-50(41-46)69(49-28-8-3-9-29-49,51-31-19-26-47(42-51)45-23-6-2-7-24-45)52-32-20-27-48(43-52)61-64-62(67-57-37-14-10-33-53(57)54-34-11-15-38-58(54)67)66-63(65-61)68-59-39-16-12-35-55(59)56-36-13-17-40-60(56)68/h1-43H. The van der Waals surface area contributed by atoms with Crippen LogP contribution in [0.2, 0.25) is 0 Å². The molecule has 0 radical (unpaired) electrons. The van der Waals surface area contributed by atoms with Crippen molar-refractivity contribution in [1.29, 1.82) is 0 Å². The molecule has 0 N–H and O–H groups in total. The number of benzene rings is 10. The number of rotatable bonds is 9. The number of fused-ring (bicyclic) bond motifs is 6. The molecule has 6 heteroatoms. The number of para-hydroxylation sites is 4. The van der Waals surface area contributed by atoms with Crippen molar-refractivity contribution in [2.45, 2.75) is 19.6 Å². The summed E-state index contributed by atoms with van der Waals surface area (Å²) in [7, 11) is -2.21. The van der Waals surface area contributed by atoms with E-state index in [1.807, 2.05) is 0 Å². The van der Waals surface area contributed by atoms with E-state index in [0.29, 0.717) is 17.7 Å². The molecular formula is C63H43N5S. The normalized spacial score (nSPS) is 12.0. The number of aromatic nitrogens is 5. The summed E-state index contributed by atoms with van der Waals surface area (Å²) in [5, 5.41) is 4.56. The highest BCUT2D eigenvalue weighted by Crippen LogP contribution is 2.74. The molecule has 0 amide bonds. The molecule has 3 heterocycles. The molecule has 0 spiro atoms. The van der Waals surface area contributed by atoms with Crippen LogP contribution in [0.3, 0.4) is 0 Å². The molecule has 3 aromatic heterocycles. The van der Waals surface area contributed by atoms with Crippen LogP contribution in [0.1, 0.15) is 0 Å². The van der Waals surface area contributed by atoms with Crippen molar-refractivity contribution >= 4 is 53.6 Å². The molecular weight excluding hydrogens is 859 g/mol. The minimum absolute atomic E-state index is 0.549. The number of hydrogen-bond acceptors (Lipinski definition) is 3. The van der Waals surface area contributed by atoms with Crippen molar-refractivity contribution in [3.05, 3.63) is 261 Å². The molecule has 13 rings (SSSR count). The van der Waals surface area contributed by atoms with Crippen molar-refractivity contribution in [2.24, 2.45) is 0 Å². The van der Waals surface area contributed by atoms with Crippen molar-refractivity contribution in [1.82, 2.24) is 24.1 Å². The van der Waals surface area contributed by atoms with Crippen molar-refractivity contribution in [3.63, 3.8) is 0 Å². The van der Waals surface area contributed by atoms with Crippen molar-refractivity contribution in [3.8, 4) is 45.5 Å². The van der Waals surface area contributed by atoms with Gasteiger partial charge in [-0.25, -0.2) is 0 Å². The summed E-state index contributed by atoms with van der Waals surface area (Å²) >= 11 is 0. The molecule has 10 aromatic carbocycles. The fourth-order valence-corrected chi connectivity index (χ4v) is 14.2. The Labute approximate surface area is 401 Å². The summed E-state index contributed by atoms with van der Waals surface area (Å²) in [4.78, 5) is 21.3. The van der Waals surface area contributed by atoms with Crippen LogP contribution in [0.4, 0.5) is 0 Å². The van der Waals surface area contributed by atoms with E-state index in [-0.39, 0.29) is 0 Å². The molecule has 69 heavy (non-hydrogen) atoms. The monoisotopic (exact) mass is 901 g/mol. The molecule has 0 saturated heterocycles. The van der Waals surface area contributed by atoms with E-state index in [1.54, 1.807) is 0 Å². The maximum atomic E-state index is 5.50. The highest BCUT2D eigenvalue weighted by molar-refractivity contribution is 8.34. The van der Waals surface area contributed by atoms with Crippen LogP contribution in [0, 0.1) is 0 Å². The molecule has 0 saturated carbocycles. The van der Waals surface area contributed by atoms with Crippen LogP contribution in [-0.4, -0.2) is 24.1 Å². The summed E-state index contributed by atoms with van der Waals surface area (Å²) in [5.74, 6) is 1.68. The molecule has 0 fully saturated rings. The van der Waals surface area contributed by atoms with Gasteiger partial charge in [-0.15, -0.1) is 10.0 Å². The van der Waals surface area contributed by atoms with Gasteiger partial charge >= 0.3 is 0 Å². The highest BCUT2D eigenvalue weighted by Gasteiger charge is 2.35. The van der Waals surface area contributed by atoms with Crippen LogP contribution in [0.25, 0.3) is 89.2 Å². The predicted molar refractivity (Wildman–Crippen MR) is 285 cm³/mol. The third kappa shape index (κ3) is 6.75. The van der Waals surface area contributed by atoms with Gasteiger partial charge < -0.3 is 0 Å². The van der Waals surface area contributed by atoms with Gasteiger partial charge in [-0.3, -0.25) is 9.13 Å². The summed E-state index contributed by atoms with van der Waals surface area (Å²) in [6, 6.07) is 93.8. The Morgan fingerprint density at radius 3 is 0.957 bits per heavy atom. The lowest BCUT2D eigenvalue weighted by atomic mass is 10.1. The Morgan fingerprint density at radius 1 is 0.246 bits per heavy atom. The summed E-state index contributed by atoms with van der Waals surface area (Å²) < 4.78 is 4.39. The first-order chi connectivity index (χ1) is 34.2. The lowest BCUT2D eigenvalue weighted by Gasteiger charge is -2.42. The first kappa shape index (κ1) is 40.4. The van der Waals surface area contributed by atoms with Crippen molar-refractivity contribution in [2.75, 3.05) is 0 Å². The molecule has 0 aliphatic rings. The average Bonchev–Trinajstić information content (AvgIpc) is 3.95. The Morgan fingerprint density at radius 2 is 0.551 bits per heavy atom. The topological polar surface area (TPSA) is 48.5 Å². The third-order valence-corrected chi connectivity index (χ3v) is 17.2. The quantitative estimate of drug-likeness (QED) is 0.145. The summed E-state index contributed by atoms with van der Waals surface area (Å²) in [6.07, 6.45) is 0. The Balaban J connectivity index is 1.11. The second kappa shape index (κ2) is 16.8. The maximum Gasteiger partial charge on any atom is 0.240 e. The Kier molecular flexibility index (Phi) is 9.84. The predicted octanol–water partition coefficient (Wildman–Crippen LogP) is 16.4. The van der Waals surface area contributed by atoms with Crippen LogP contribution in [-0.2, 0) is 0 Å². The number of nitrogens with zero attached hydrogens (tertiary/aromatic N) is 5. The van der Waals surface area contributed by atoms with Crippen LogP contribution < -0.4 is 0 Å². The van der Waals surface area contributed by atoms with Gasteiger partial charge in [0.05, 0.1) is 22.1 Å². The zero-order valence-corrected chi connectivity index (χ0v) is 38.3. The van der Waals surface area contributed by atoms with Gasteiger partial charge in [-0.2, -0.15) is 15.0 Å². The summed E-state index contributed by atoms with van der Waals surface area (Å²) in [6.45, 7) is 0. The SMILES string of the molecule is c1ccc(-c2cccc(S(c3ccccc3)(c3cccc(-c4ccccc4)c3)c3cccc(-c4nc(-n5c6ccccc6c6ccccc65)nc(-n5c6ccccc6c6ccccc65)n4)c3)c2)cc1. The first-order valence-corrected chi connectivity index (χ1v) is 24.9. The lowest BCUT2D eigenvalue weighted by Crippen LogP contribution is -2.10. The second-order valence-electron chi connectivity index (χ2n) is 17.2. The zero-order valence-electron chi connectivity index (χ0n) is 37.5.